The fraction of sp³-hybridized carbons (Fsp3) is 0.865. The molecule has 240 valence electrons. The molecule has 0 aromatic carbocycles. The Hall–Kier alpha value is -1.69. The molecule has 43 heavy (non-hydrogen) atoms. The van der Waals surface area contributed by atoms with E-state index in [1.807, 2.05) is 0 Å². The van der Waals surface area contributed by atoms with Crippen molar-refractivity contribution in [2.45, 2.75) is 132 Å². The minimum Gasteiger partial charge on any atom is -0.461 e. The van der Waals surface area contributed by atoms with Gasteiger partial charge in [-0.3, -0.25) is 14.4 Å². The summed E-state index contributed by atoms with van der Waals surface area (Å²) in [6.07, 6.45) is 11.6. The summed E-state index contributed by atoms with van der Waals surface area (Å²) in [7, 11) is 0. The zero-order valence-electron chi connectivity index (χ0n) is 28.2. The van der Waals surface area contributed by atoms with Crippen molar-refractivity contribution in [1.82, 2.24) is 10.6 Å². The first-order valence-electron chi connectivity index (χ1n) is 17.6. The summed E-state index contributed by atoms with van der Waals surface area (Å²) in [4.78, 5) is 41.5. The number of carbonyl (C=O) groups is 3. The lowest BCUT2D eigenvalue weighted by Crippen LogP contribution is -2.69. The van der Waals surface area contributed by atoms with Crippen molar-refractivity contribution in [3.05, 3.63) is 11.6 Å². The maximum atomic E-state index is 14.7. The predicted molar refractivity (Wildman–Crippen MR) is 169 cm³/mol. The van der Waals surface area contributed by atoms with Gasteiger partial charge in [0.2, 0.25) is 5.91 Å². The van der Waals surface area contributed by atoms with Crippen molar-refractivity contribution in [1.29, 1.82) is 0 Å². The molecule has 2 N–H and O–H groups in total. The summed E-state index contributed by atoms with van der Waals surface area (Å²) in [5, 5.41) is 6.80. The number of ether oxygens (including phenoxy) is 1. The highest BCUT2D eigenvalue weighted by Gasteiger charge is 2.72. The van der Waals surface area contributed by atoms with E-state index in [-0.39, 0.29) is 51.4 Å². The summed E-state index contributed by atoms with van der Waals surface area (Å²) in [6.45, 7) is 19.9. The standard InChI is InChI=1S/C37H58N2O4/c1-22-9-14-33(4)17-18-35(6)26(30(33)23(22)2)21-27(41)31-34(5)15-11-29(43-24(3)40)37(8,28(34)10-16-36(31,35)7)32(42)39-25-12-19-38-20-13-25/h21-23,25,28-31,38H,9-20H2,1-8H3,(H,39,42)/t22-,23+,28-,29-,30+,31-,33-,34+,35-,36-,37-/m1/s1. The number of piperidine rings is 1. The lowest BCUT2D eigenvalue weighted by atomic mass is 9.33. The van der Waals surface area contributed by atoms with E-state index in [1.165, 1.54) is 31.8 Å². The molecule has 0 aromatic heterocycles. The Labute approximate surface area is 260 Å². The highest BCUT2D eigenvalue weighted by atomic mass is 16.5. The Morgan fingerprint density at radius 2 is 1.60 bits per heavy atom. The highest BCUT2D eigenvalue weighted by Crippen LogP contribution is 2.75. The van der Waals surface area contributed by atoms with Crippen molar-refractivity contribution in [2.24, 2.45) is 56.7 Å². The second kappa shape index (κ2) is 10.4. The van der Waals surface area contributed by atoms with Gasteiger partial charge in [0, 0.05) is 18.9 Å². The van der Waals surface area contributed by atoms with E-state index in [0.717, 1.165) is 51.6 Å². The van der Waals surface area contributed by atoms with E-state index in [9.17, 15) is 14.4 Å². The molecule has 1 saturated heterocycles. The molecule has 1 aliphatic heterocycles. The topological polar surface area (TPSA) is 84.5 Å². The predicted octanol–water partition coefficient (Wildman–Crippen LogP) is 6.62. The number of carbonyl (C=O) groups excluding carboxylic acids is 3. The molecule has 0 bridgehead atoms. The summed E-state index contributed by atoms with van der Waals surface area (Å²) in [6, 6.07) is 0.128. The first kappa shape index (κ1) is 31.3. The Balaban J connectivity index is 1.41. The maximum Gasteiger partial charge on any atom is 0.302 e. The van der Waals surface area contributed by atoms with Crippen LogP contribution in [-0.2, 0) is 19.1 Å². The lowest BCUT2D eigenvalue weighted by Gasteiger charge is -2.70. The van der Waals surface area contributed by atoms with Crippen LogP contribution < -0.4 is 10.6 Å². The average molecular weight is 595 g/mol. The molecule has 6 rings (SSSR count). The SMILES string of the molecule is CC(=O)O[C@@H]1CC[C@@]2(C)[C@@H](CC[C@]3(C)[C@@H]2C(=O)C=C2[C@@H]4[C@@H](C)[C@H](C)CC[C@]4(C)CC[C@]23C)[C@@]1(C)C(=O)NC1CCNCC1. The number of amides is 1. The van der Waals surface area contributed by atoms with Crippen molar-refractivity contribution >= 4 is 17.7 Å². The number of allylic oxidation sites excluding steroid dienone is 2. The van der Waals surface area contributed by atoms with Gasteiger partial charge >= 0.3 is 5.97 Å². The van der Waals surface area contributed by atoms with Gasteiger partial charge in [-0.15, -0.1) is 0 Å². The molecule has 11 atom stereocenters. The molecule has 5 aliphatic carbocycles. The van der Waals surface area contributed by atoms with Crippen LogP contribution in [0.1, 0.15) is 120 Å². The summed E-state index contributed by atoms with van der Waals surface area (Å²) < 4.78 is 5.99. The molecule has 0 unspecified atom stereocenters. The molecule has 4 saturated carbocycles. The number of esters is 1. The Morgan fingerprint density at radius 1 is 0.907 bits per heavy atom. The van der Waals surface area contributed by atoms with Crippen LogP contribution in [-0.4, -0.2) is 42.9 Å². The summed E-state index contributed by atoms with van der Waals surface area (Å²) >= 11 is 0. The summed E-state index contributed by atoms with van der Waals surface area (Å²) in [5.41, 5.74) is 0.297. The first-order chi connectivity index (χ1) is 20.1. The molecule has 5 fully saturated rings. The third kappa shape index (κ3) is 4.37. The zero-order chi connectivity index (χ0) is 31.2. The number of fused-ring (bicyclic) bond motifs is 7. The minimum atomic E-state index is -0.880. The van der Waals surface area contributed by atoms with E-state index < -0.39 is 11.5 Å². The van der Waals surface area contributed by atoms with Crippen LogP contribution in [0.3, 0.4) is 0 Å². The molecule has 0 spiro atoms. The van der Waals surface area contributed by atoms with Gasteiger partial charge in [0.15, 0.2) is 5.78 Å². The average Bonchev–Trinajstić information content (AvgIpc) is 2.94. The normalized spacial score (nSPS) is 49.9. The van der Waals surface area contributed by atoms with E-state index >= 15 is 0 Å². The van der Waals surface area contributed by atoms with Gasteiger partial charge in [0.1, 0.15) is 6.10 Å². The molecule has 6 nitrogen and oxygen atoms in total. The third-order valence-corrected chi connectivity index (χ3v) is 15.2. The highest BCUT2D eigenvalue weighted by molar-refractivity contribution is 5.96. The molecular formula is C37H58N2O4. The van der Waals surface area contributed by atoms with Crippen LogP contribution in [0.15, 0.2) is 11.6 Å². The van der Waals surface area contributed by atoms with Crippen LogP contribution in [0.25, 0.3) is 0 Å². The van der Waals surface area contributed by atoms with E-state index in [4.69, 9.17) is 4.74 Å². The van der Waals surface area contributed by atoms with Gasteiger partial charge in [-0.1, -0.05) is 47.1 Å². The largest absolute Gasteiger partial charge is 0.461 e. The first-order valence-corrected chi connectivity index (χ1v) is 17.6. The number of rotatable bonds is 3. The Morgan fingerprint density at radius 3 is 2.28 bits per heavy atom. The maximum absolute atomic E-state index is 14.7. The Kier molecular flexibility index (Phi) is 7.59. The van der Waals surface area contributed by atoms with Gasteiger partial charge in [-0.25, -0.2) is 0 Å². The van der Waals surface area contributed by atoms with Gasteiger partial charge in [0.05, 0.1) is 5.41 Å². The van der Waals surface area contributed by atoms with Crippen LogP contribution in [0.4, 0.5) is 0 Å². The molecule has 1 amide bonds. The fourth-order valence-corrected chi connectivity index (χ4v) is 12.3. The smallest absolute Gasteiger partial charge is 0.302 e. The van der Waals surface area contributed by atoms with Gasteiger partial charge in [-0.2, -0.15) is 0 Å². The molecule has 0 aromatic rings. The van der Waals surface area contributed by atoms with Crippen molar-refractivity contribution < 1.29 is 19.1 Å². The number of hydrogen-bond donors (Lipinski definition) is 2. The van der Waals surface area contributed by atoms with Gasteiger partial charge < -0.3 is 15.4 Å². The zero-order valence-corrected chi connectivity index (χ0v) is 28.2. The number of ketones is 1. The number of hydrogen-bond acceptors (Lipinski definition) is 5. The third-order valence-electron chi connectivity index (χ3n) is 15.2. The molecular weight excluding hydrogens is 536 g/mol. The lowest BCUT2D eigenvalue weighted by molar-refractivity contribution is -0.214. The van der Waals surface area contributed by atoms with Gasteiger partial charge in [0.25, 0.3) is 0 Å². The molecule has 6 aliphatic rings. The van der Waals surface area contributed by atoms with Crippen LogP contribution in [0, 0.1) is 56.7 Å². The van der Waals surface area contributed by atoms with E-state index in [2.05, 4.69) is 65.2 Å². The number of nitrogens with one attached hydrogen (secondary N) is 2. The van der Waals surface area contributed by atoms with Crippen LogP contribution >= 0.6 is 0 Å². The Bertz CT molecular complexity index is 1210. The monoisotopic (exact) mass is 594 g/mol. The van der Waals surface area contributed by atoms with Gasteiger partial charge in [-0.05, 0) is 136 Å². The summed E-state index contributed by atoms with van der Waals surface area (Å²) in [5.74, 6) is 1.50. The van der Waals surface area contributed by atoms with Crippen molar-refractivity contribution in [2.75, 3.05) is 13.1 Å². The second-order valence-corrected chi connectivity index (χ2v) is 17.2. The van der Waals surface area contributed by atoms with E-state index in [0.29, 0.717) is 30.0 Å². The quantitative estimate of drug-likeness (QED) is 0.359. The van der Waals surface area contributed by atoms with Crippen molar-refractivity contribution in [3.63, 3.8) is 0 Å². The fourth-order valence-electron chi connectivity index (χ4n) is 12.3. The molecule has 0 radical (unpaired) electrons. The van der Waals surface area contributed by atoms with Crippen molar-refractivity contribution in [3.8, 4) is 0 Å². The van der Waals surface area contributed by atoms with Crippen LogP contribution in [0.5, 0.6) is 0 Å². The van der Waals surface area contributed by atoms with E-state index in [1.54, 1.807) is 0 Å². The second-order valence-electron chi connectivity index (χ2n) is 17.2. The molecule has 1 heterocycles. The molecule has 6 heteroatoms. The van der Waals surface area contributed by atoms with Crippen LogP contribution in [0.2, 0.25) is 0 Å². The minimum absolute atomic E-state index is 0.00864.